The van der Waals surface area contributed by atoms with E-state index in [0.717, 1.165) is 5.69 Å². The van der Waals surface area contributed by atoms with Gasteiger partial charge < -0.3 is 9.88 Å². The van der Waals surface area contributed by atoms with Crippen LogP contribution >= 0.6 is 0 Å². The number of anilines is 1. The van der Waals surface area contributed by atoms with Crippen molar-refractivity contribution in [2.75, 3.05) is 5.32 Å². The summed E-state index contributed by atoms with van der Waals surface area (Å²) in [4.78, 5) is 17.4. The molecule has 0 fully saturated rings. The van der Waals surface area contributed by atoms with Crippen molar-refractivity contribution in [1.82, 2.24) is 19.2 Å². The van der Waals surface area contributed by atoms with Crippen LogP contribution in [0, 0.1) is 18.6 Å². The molecule has 3 aromatic heterocycles. The van der Waals surface area contributed by atoms with Crippen molar-refractivity contribution in [2.24, 2.45) is 0 Å². The molecule has 0 unspecified atom stereocenters. The van der Waals surface area contributed by atoms with Gasteiger partial charge in [-0.25, -0.2) is 18.3 Å². The van der Waals surface area contributed by atoms with Gasteiger partial charge in [-0.3, -0.25) is 4.79 Å². The number of carbonyl (C=O) groups is 1. The molecule has 0 aliphatic carbocycles. The lowest BCUT2D eigenvalue weighted by Gasteiger charge is -2.12. The van der Waals surface area contributed by atoms with E-state index in [1.165, 1.54) is 24.3 Å². The highest BCUT2D eigenvalue weighted by atomic mass is 19.1. The van der Waals surface area contributed by atoms with Crippen LogP contribution in [0.25, 0.3) is 16.6 Å². The number of amides is 1. The molecule has 0 aliphatic rings. The SMILES string of the molecule is Cc1cc2ncc(NC(=O)c3cc4cc(F)ccc4n3Cc3cccc(F)c3)cn2n1. The molecule has 0 aliphatic heterocycles. The van der Waals surface area contributed by atoms with Gasteiger partial charge in [0, 0.05) is 23.5 Å². The van der Waals surface area contributed by atoms with Gasteiger partial charge in [-0.05, 0) is 48.9 Å². The Morgan fingerprint density at radius 2 is 1.90 bits per heavy atom. The Morgan fingerprint density at radius 3 is 2.74 bits per heavy atom. The maximum absolute atomic E-state index is 13.8. The van der Waals surface area contributed by atoms with Gasteiger partial charge in [0.15, 0.2) is 5.65 Å². The fourth-order valence-corrected chi connectivity index (χ4v) is 3.67. The van der Waals surface area contributed by atoms with Gasteiger partial charge in [-0.1, -0.05) is 12.1 Å². The Hall–Kier alpha value is -4.07. The quantitative estimate of drug-likeness (QED) is 0.466. The van der Waals surface area contributed by atoms with Gasteiger partial charge in [-0.2, -0.15) is 5.10 Å². The van der Waals surface area contributed by atoms with Crippen LogP contribution in [0.4, 0.5) is 14.5 Å². The van der Waals surface area contributed by atoms with Gasteiger partial charge in [0.1, 0.15) is 17.3 Å². The van der Waals surface area contributed by atoms with E-state index in [4.69, 9.17) is 0 Å². The summed E-state index contributed by atoms with van der Waals surface area (Å²) in [6, 6.07) is 13.9. The first-order valence-electron chi connectivity index (χ1n) is 9.63. The number of rotatable bonds is 4. The molecule has 0 saturated heterocycles. The predicted octanol–water partition coefficient (Wildman–Crippen LogP) is 4.57. The van der Waals surface area contributed by atoms with Crippen LogP contribution in [0.5, 0.6) is 0 Å². The minimum Gasteiger partial charge on any atom is -0.332 e. The maximum Gasteiger partial charge on any atom is 0.272 e. The van der Waals surface area contributed by atoms with Gasteiger partial charge >= 0.3 is 0 Å². The summed E-state index contributed by atoms with van der Waals surface area (Å²) in [6.45, 7) is 2.11. The van der Waals surface area contributed by atoms with E-state index in [1.54, 1.807) is 45.7 Å². The van der Waals surface area contributed by atoms with E-state index in [0.29, 0.717) is 33.5 Å². The summed E-state index contributed by atoms with van der Waals surface area (Å²) in [5.41, 5.74) is 3.63. The van der Waals surface area contributed by atoms with E-state index in [2.05, 4.69) is 15.4 Å². The van der Waals surface area contributed by atoms with Crippen LogP contribution in [0.1, 0.15) is 21.7 Å². The molecule has 0 spiro atoms. The van der Waals surface area contributed by atoms with E-state index in [9.17, 15) is 13.6 Å². The Bertz CT molecular complexity index is 1450. The van der Waals surface area contributed by atoms with E-state index in [-0.39, 0.29) is 12.4 Å². The molecular formula is C23H17F2N5O. The molecule has 0 saturated carbocycles. The van der Waals surface area contributed by atoms with Gasteiger partial charge in [0.05, 0.1) is 23.8 Å². The number of benzene rings is 2. The normalized spacial score (nSPS) is 11.3. The summed E-state index contributed by atoms with van der Waals surface area (Å²) < 4.78 is 30.8. The molecule has 0 bridgehead atoms. The molecular weight excluding hydrogens is 400 g/mol. The van der Waals surface area contributed by atoms with Gasteiger partial charge in [0.25, 0.3) is 5.91 Å². The summed E-state index contributed by atoms with van der Waals surface area (Å²) in [6.07, 6.45) is 3.22. The fraction of sp³-hybridized carbons (Fsp3) is 0.0870. The van der Waals surface area contributed by atoms with Crippen molar-refractivity contribution in [3.8, 4) is 0 Å². The fourth-order valence-electron chi connectivity index (χ4n) is 3.67. The number of carbonyl (C=O) groups excluding carboxylic acids is 1. The van der Waals surface area contributed by atoms with Crippen molar-refractivity contribution in [3.05, 3.63) is 95.6 Å². The maximum atomic E-state index is 13.8. The Balaban J connectivity index is 1.54. The molecule has 31 heavy (non-hydrogen) atoms. The lowest BCUT2D eigenvalue weighted by Crippen LogP contribution is -2.18. The Kier molecular flexibility index (Phi) is 4.47. The van der Waals surface area contributed by atoms with E-state index < -0.39 is 11.7 Å². The van der Waals surface area contributed by atoms with Crippen LogP contribution in [-0.4, -0.2) is 25.1 Å². The zero-order valence-electron chi connectivity index (χ0n) is 16.5. The highest BCUT2D eigenvalue weighted by Gasteiger charge is 2.17. The number of nitrogens with zero attached hydrogens (tertiary/aromatic N) is 4. The predicted molar refractivity (Wildman–Crippen MR) is 113 cm³/mol. The van der Waals surface area contributed by atoms with Crippen molar-refractivity contribution in [2.45, 2.75) is 13.5 Å². The smallest absolute Gasteiger partial charge is 0.272 e. The third-order valence-electron chi connectivity index (χ3n) is 5.02. The molecule has 154 valence electrons. The number of hydrogen-bond donors (Lipinski definition) is 1. The largest absolute Gasteiger partial charge is 0.332 e. The van der Waals surface area contributed by atoms with Crippen molar-refractivity contribution in [1.29, 1.82) is 0 Å². The number of halogens is 2. The second-order valence-corrected chi connectivity index (χ2v) is 7.33. The van der Waals surface area contributed by atoms with Crippen LogP contribution in [0.3, 0.4) is 0 Å². The second kappa shape index (κ2) is 7.32. The highest BCUT2D eigenvalue weighted by Crippen LogP contribution is 2.24. The van der Waals surface area contributed by atoms with Crippen LogP contribution in [0.2, 0.25) is 0 Å². The Labute approximate surface area is 175 Å². The number of hydrogen-bond acceptors (Lipinski definition) is 3. The molecule has 2 aromatic carbocycles. The molecule has 1 N–H and O–H groups in total. The van der Waals surface area contributed by atoms with Crippen molar-refractivity contribution >= 4 is 28.1 Å². The first-order valence-corrected chi connectivity index (χ1v) is 9.63. The summed E-state index contributed by atoms with van der Waals surface area (Å²) >= 11 is 0. The first-order chi connectivity index (χ1) is 15.0. The zero-order chi connectivity index (χ0) is 21.5. The molecule has 5 rings (SSSR count). The summed E-state index contributed by atoms with van der Waals surface area (Å²) in [7, 11) is 0. The monoisotopic (exact) mass is 417 g/mol. The number of aryl methyl sites for hydroxylation is 1. The van der Waals surface area contributed by atoms with Crippen molar-refractivity contribution < 1.29 is 13.6 Å². The average Bonchev–Trinajstić information content (AvgIpc) is 3.27. The summed E-state index contributed by atoms with van der Waals surface area (Å²) in [5.74, 6) is -1.15. The van der Waals surface area contributed by atoms with Crippen LogP contribution in [0.15, 0.2) is 67.0 Å². The highest BCUT2D eigenvalue weighted by molar-refractivity contribution is 6.06. The lowest BCUT2D eigenvalue weighted by atomic mass is 10.2. The van der Waals surface area contributed by atoms with E-state index >= 15 is 0 Å². The van der Waals surface area contributed by atoms with E-state index in [1.807, 2.05) is 13.0 Å². The third kappa shape index (κ3) is 3.63. The van der Waals surface area contributed by atoms with Gasteiger partial charge in [-0.15, -0.1) is 0 Å². The zero-order valence-corrected chi connectivity index (χ0v) is 16.5. The minimum absolute atomic E-state index is 0.255. The molecule has 0 radical (unpaired) electrons. The number of fused-ring (bicyclic) bond motifs is 2. The molecule has 8 heteroatoms. The van der Waals surface area contributed by atoms with Gasteiger partial charge in [0.2, 0.25) is 0 Å². The average molecular weight is 417 g/mol. The topological polar surface area (TPSA) is 64.2 Å². The lowest BCUT2D eigenvalue weighted by molar-refractivity contribution is 0.101. The number of nitrogens with one attached hydrogen (secondary N) is 1. The molecule has 1 amide bonds. The molecule has 5 aromatic rings. The molecule has 6 nitrogen and oxygen atoms in total. The summed E-state index contributed by atoms with van der Waals surface area (Å²) in [5, 5.41) is 7.70. The second-order valence-electron chi connectivity index (χ2n) is 7.33. The standard InChI is InChI=1S/C23H17F2N5O/c1-14-7-22-26-11-19(13-30(22)28-14)27-23(31)21-10-16-9-18(25)5-6-20(16)29(21)12-15-3-2-4-17(24)8-15/h2-11,13H,12H2,1H3,(H,27,31). The van der Waals surface area contributed by atoms with Crippen LogP contribution < -0.4 is 5.32 Å². The Morgan fingerprint density at radius 1 is 1.06 bits per heavy atom. The number of aromatic nitrogens is 4. The first kappa shape index (κ1) is 18.9. The van der Waals surface area contributed by atoms with Crippen LogP contribution in [-0.2, 0) is 6.54 Å². The van der Waals surface area contributed by atoms with Crippen molar-refractivity contribution in [3.63, 3.8) is 0 Å². The minimum atomic E-state index is -0.397. The molecule has 3 heterocycles. The third-order valence-corrected chi connectivity index (χ3v) is 5.02. The molecule has 0 atom stereocenters.